The number of phenolic OH excluding ortho intramolecular Hbond substituents is 2. The van der Waals surface area contributed by atoms with Gasteiger partial charge in [-0.25, -0.2) is 9.79 Å². The maximum absolute atomic E-state index is 13.6. The van der Waals surface area contributed by atoms with E-state index in [4.69, 9.17) is 14.5 Å². The van der Waals surface area contributed by atoms with Gasteiger partial charge >= 0.3 is 5.97 Å². The zero-order chi connectivity index (χ0) is 26.3. The number of hydrogen-bond donors (Lipinski definition) is 2. The number of ether oxygens (including phenoxy) is 2. The van der Waals surface area contributed by atoms with Crippen LogP contribution in [-0.2, 0) is 9.53 Å². The van der Waals surface area contributed by atoms with Gasteiger partial charge in [-0.05, 0) is 54.5 Å². The number of rotatable bonds is 5. The Bertz CT molecular complexity index is 1770. The van der Waals surface area contributed by atoms with E-state index >= 15 is 0 Å². The molecule has 0 spiro atoms. The van der Waals surface area contributed by atoms with Gasteiger partial charge in [0.05, 0.1) is 23.8 Å². The summed E-state index contributed by atoms with van der Waals surface area (Å²) in [5.74, 6) is -0.329. The summed E-state index contributed by atoms with van der Waals surface area (Å²) in [4.78, 5) is 31.8. The molecule has 0 aliphatic carbocycles. The number of aromatic hydroxyl groups is 2. The molecule has 5 rings (SSSR count). The average Bonchev–Trinajstić information content (AvgIpc) is 3.21. The molecule has 2 heterocycles. The van der Waals surface area contributed by atoms with Crippen molar-refractivity contribution in [1.29, 1.82) is 0 Å². The van der Waals surface area contributed by atoms with Crippen LogP contribution in [0.25, 0.3) is 22.5 Å². The molecule has 0 saturated heterocycles. The van der Waals surface area contributed by atoms with E-state index in [9.17, 15) is 19.8 Å². The number of fused-ring (bicyclic) bond motifs is 2. The van der Waals surface area contributed by atoms with Crippen LogP contribution in [-0.4, -0.2) is 34.5 Å². The highest BCUT2D eigenvalue weighted by molar-refractivity contribution is 7.07. The Morgan fingerprint density at radius 1 is 1.14 bits per heavy atom. The second-order valence-corrected chi connectivity index (χ2v) is 9.44. The fraction of sp³-hybridized carbons (Fsp3) is 0.179. The summed E-state index contributed by atoms with van der Waals surface area (Å²) in [6, 6.07) is 15.0. The van der Waals surface area contributed by atoms with Gasteiger partial charge in [0.15, 0.2) is 16.3 Å². The molecule has 4 aromatic rings. The predicted octanol–water partition coefficient (Wildman–Crippen LogP) is 3.48. The van der Waals surface area contributed by atoms with Crippen LogP contribution in [0, 0.1) is 0 Å². The average molecular weight is 517 g/mol. The fourth-order valence-electron chi connectivity index (χ4n) is 4.49. The maximum Gasteiger partial charge on any atom is 0.338 e. The molecule has 1 aliphatic heterocycles. The molecule has 0 fully saturated rings. The number of allylic oxidation sites excluding steroid dienone is 1. The Morgan fingerprint density at radius 3 is 2.65 bits per heavy atom. The largest absolute Gasteiger partial charge is 0.507 e. The Balaban J connectivity index is 1.77. The molecular formula is C28H24N2O6S. The minimum absolute atomic E-state index is 0.0414. The lowest BCUT2D eigenvalue weighted by molar-refractivity contribution is -0.138. The Morgan fingerprint density at radius 2 is 1.89 bits per heavy atom. The SMILES string of the molecule is CCOC(=O)C1=C(C)n2c(s/c(=C\c3c(O)ccc4ccccc34)c2=O)=N[C@@H]1c1ccc(O)c(OC)c1. The third kappa shape index (κ3) is 4.17. The highest BCUT2D eigenvalue weighted by atomic mass is 32.1. The van der Waals surface area contributed by atoms with Gasteiger partial charge in [0.2, 0.25) is 0 Å². The van der Waals surface area contributed by atoms with E-state index in [2.05, 4.69) is 0 Å². The van der Waals surface area contributed by atoms with Gasteiger partial charge in [-0.3, -0.25) is 9.36 Å². The van der Waals surface area contributed by atoms with Crippen LogP contribution in [0.15, 0.2) is 70.0 Å². The molecule has 1 aromatic heterocycles. The van der Waals surface area contributed by atoms with E-state index in [0.29, 0.717) is 26.2 Å². The third-order valence-electron chi connectivity index (χ3n) is 6.28. The lowest BCUT2D eigenvalue weighted by atomic mass is 9.96. The van der Waals surface area contributed by atoms with Gasteiger partial charge in [0.1, 0.15) is 11.8 Å². The zero-order valence-corrected chi connectivity index (χ0v) is 21.2. The molecular weight excluding hydrogens is 492 g/mol. The van der Waals surface area contributed by atoms with Crippen LogP contribution < -0.4 is 19.6 Å². The van der Waals surface area contributed by atoms with Crippen LogP contribution in [0.3, 0.4) is 0 Å². The molecule has 1 atom stereocenters. The van der Waals surface area contributed by atoms with E-state index in [1.54, 1.807) is 38.1 Å². The molecule has 9 heteroatoms. The summed E-state index contributed by atoms with van der Waals surface area (Å²) in [5.41, 5.74) is 1.41. The van der Waals surface area contributed by atoms with E-state index < -0.39 is 12.0 Å². The normalized spacial score (nSPS) is 15.4. The maximum atomic E-state index is 13.6. The summed E-state index contributed by atoms with van der Waals surface area (Å²) in [6.07, 6.45) is 1.65. The van der Waals surface area contributed by atoms with Crippen molar-refractivity contribution in [2.45, 2.75) is 19.9 Å². The molecule has 0 amide bonds. The topological polar surface area (TPSA) is 110 Å². The first kappa shape index (κ1) is 24.3. The van der Waals surface area contributed by atoms with Crippen molar-refractivity contribution >= 4 is 39.9 Å². The number of esters is 1. The predicted molar refractivity (Wildman–Crippen MR) is 141 cm³/mol. The number of carbonyl (C=O) groups excluding carboxylic acids is 1. The molecule has 1 aliphatic rings. The van der Waals surface area contributed by atoms with E-state index in [-0.39, 0.29) is 35.0 Å². The molecule has 0 saturated carbocycles. The van der Waals surface area contributed by atoms with Crippen molar-refractivity contribution in [3.8, 4) is 17.2 Å². The Hall–Kier alpha value is -4.37. The monoisotopic (exact) mass is 516 g/mol. The number of benzene rings is 3. The summed E-state index contributed by atoms with van der Waals surface area (Å²) in [5, 5.41) is 22.4. The van der Waals surface area contributed by atoms with Crippen LogP contribution >= 0.6 is 11.3 Å². The first-order valence-electron chi connectivity index (χ1n) is 11.6. The van der Waals surface area contributed by atoms with Gasteiger partial charge in [-0.15, -0.1) is 0 Å². The lowest BCUT2D eigenvalue weighted by Crippen LogP contribution is -2.35. The minimum Gasteiger partial charge on any atom is -0.507 e. The summed E-state index contributed by atoms with van der Waals surface area (Å²) >= 11 is 1.17. The zero-order valence-electron chi connectivity index (χ0n) is 20.4. The number of phenols is 2. The molecule has 8 nitrogen and oxygen atoms in total. The van der Waals surface area contributed by atoms with Gasteiger partial charge in [-0.2, -0.15) is 0 Å². The molecule has 37 heavy (non-hydrogen) atoms. The standard InChI is InChI=1S/C28H24N2O6S/c1-4-36-27(34)24-15(2)30-26(33)23(14-19-18-8-6-5-7-16(18)9-11-20(19)31)37-28(30)29-25(24)17-10-12-21(32)22(13-17)35-3/h5-14,25,31-32H,4H2,1-3H3/b23-14-/t25-/m1/s1. The smallest absolute Gasteiger partial charge is 0.338 e. The second-order valence-electron chi connectivity index (χ2n) is 8.44. The van der Waals surface area contributed by atoms with E-state index in [1.807, 2.05) is 30.3 Å². The van der Waals surface area contributed by atoms with E-state index in [0.717, 1.165) is 10.8 Å². The molecule has 0 radical (unpaired) electrons. The number of aromatic nitrogens is 1. The number of carbonyl (C=O) groups is 1. The van der Waals surface area contributed by atoms with Gasteiger partial charge < -0.3 is 19.7 Å². The Kier molecular flexibility index (Phi) is 6.31. The summed E-state index contributed by atoms with van der Waals surface area (Å²) in [7, 11) is 1.44. The fourth-order valence-corrected chi connectivity index (χ4v) is 5.51. The van der Waals surface area contributed by atoms with Crippen LogP contribution in [0.4, 0.5) is 0 Å². The minimum atomic E-state index is -0.773. The van der Waals surface area contributed by atoms with Gasteiger partial charge in [-0.1, -0.05) is 47.7 Å². The highest BCUT2D eigenvalue weighted by Crippen LogP contribution is 2.36. The first-order valence-corrected chi connectivity index (χ1v) is 12.4. The van der Waals surface area contributed by atoms with Crippen molar-refractivity contribution in [3.63, 3.8) is 0 Å². The number of nitrogens with zero attached hydrogens (tertiary/aromatic N) is 2. The summed E-state index contributed by atoms with van der Waals surface area (Å²) < 4.78 is 12.3. The molecule has 0 bridgehead atoms. The molecule has 0 unspecified atom stereocenters. The van der Waals surface area contributed by atoms with Crippen LogP contribution in [0.1, 0.15) is 31.0 Å². The highest BCUT2D eigenvalue weighted by Gasteiger charge is 2.32. The number of methoxy groups -OCH3 is 1. The van der Waals surface area contributed by atoms with Crippen molar-refractivity contribution < 1.29 is 24.5 Å². The molecule has 188 valence electrons. The molecule has 3 aromatic carbocycles. The number of thiazole rings is 1. The van der Waals surface area contributed by atoms with Crippen molar-refractivity contribution in [3.05, 3.63) is 91.0 Å². The number of hydrogen-bond acceptors (Lipinski definition) is 8. The van der Waals surface area contributed by atoms with Crippen molar-refractivity contribution in [2.75, 3.05) is 13.7 Å². The lowest BCUT2D eigenvalue weighted by Gasteiger charge is -2.22. The summed E-state index contributed by atoms with van der Waals surface area (Å²) in [6.45, 7) is 3.55. The Labute approximate surface area is 215 Å². The molecule has 2 N–H and O–H groups in total. The first-order chi connectivity index (χ1) is 17.8. The second kappa shape index (κ2) is 9.59. The van der Waals surface area contributed by atoms with Crippen LogP contribution in [0.5, 0.6) is 17.2 Å². The third-order valence-corrected chi connectivity index (χ3v) is 7.27. The van der Waals surface area contributed by atoms with Crippen molar-refractivity contribution in [2.24, 2.45) is 4.99 Å². The quantitative estimate of drug-likeness (QED) is 0.393. The van der Waals surface area contributed by atoms with Gasteiger partial charge in [0.25, 0.3) is 5.56 Å². The van der Waals surface area contributed by atoms with Gasteiger partial charge in [0, 0.05) is 11.3 Å². The van der Waals surface area contributed by atoms with Crippen LogP contribution in [0.2, 0.25) is 0 Å². The van der Waals surface area contributed by atoms with Crippen molar-refractivity contribution in [1.82, 2.24) is 4.57 Å². The van der Waals surface area contributed by atoms with E-state index in [1.165, 1.54) is 29.1 Å².